The molecule has 0 aromatic heterocycles. The molecule has 3 nitrogen and oxygen atoms in total. The van der Waals surface area contributed by atoms with Gasteiger partial charge in [0.15, 0.2) is 11.5 Å². The normalized spacial score (nSPS) is 10.6. The molecule has 0 radical (unpaired) electrons. The molecule has 0 unspecified atom stereocenters. The van der Waals surface area contributed by atoms with Crippen LogP contribution in [0.4, 0.5) is 0 Å². The fourth-order valence-corrected chi connectivity index (χ4v) is 2.88. The van der Waals surface area contributed by atoms with E-state index in [0.29, 0.717) is 6.61 Å². The maximum Gasteiger partial charge on any atom is 0.175 e. The summed E-state index contributed by atoms with van der Waals surface area (Å²) in [4.78, 5) is 0. The number of unbranched alkanes of at least 4 members (excludes halogenated alkanes) is 1. The maximum atomic E-state index is 5.84. The van der Waals surface area contributed by atoms with Gasteiger partial charge in [0.1, 0.15) is 0 Å². The van der Waals surface area contributed by atoms with E-state index in [0.717, 1.165) is 47.5 Å². The van der Waals surface area contributed by atoms with Crippen molar-refractivity contribution in [1.29, 1.82) is 0 Å². The molecular weight excluding hydrogens is 354 g/mol. The summed E-state index contributed by atoms with van der Waals surface area (Å²) >= 11 is 3.59. The summed E-state index contributed by atoms with van der Waals surface area (Å²) in [6.45, 7) is 4.48. The van der Waals surface area contributed by atoms with E-state index in [2.05, 4.69) is 58.5 Å². The SMILES string of the molecule is CCCCOc1c(Br)cc(CNCc2ccccc2)cc1OC. The number of hydrogen-bond donors (Lipinski definition) is 1. The van der Waals surface area contributed by atoms with Crippen LogP contribution in [0.5, 0.6) is 11.5 Å². The van der Waals surface area contributed by atoms with E-state index in [-0.39, 0.29) is 0 Å². The number of ether oxygens (including phenoxy) is 2. The van der Waals surface area contributed by atoms with Gasteiger partial charge in [0, 0.05) is 13.1 Å². The molecule has 2 rings (SSSR count). The lowest BCUT2D eigenvalue weighted by molar-refractivity contribution is 0.286. The first-order valence-electron chi connectivity index (χ1n) is 7.98. The summed E-state index contributed by atoms with van der Waals surface area (Å²) < 4.78 is 12.2. The van der Waals surface area contributed by atoms with Crippen molar-refractivity contribution in [2.45, 2.75) is 32.9 Å². The highest BCUT2D eigenvalue weighted by atomic mass is 79.9. The second-order valence-corrected chi connectivity index (χ2v) is 6.25. The van der Waals surface area contributed by atoms with E-state index in [1.807, 2.05) is 12.1 Å². The number of halogens is 1. The van der Waals surface area contributed by atoms with Gasteiger partial charge in [0.25, 0.3) is 0 Å². The first kappa shape index (κ1) is 17.8. The second-order valence-electron chi connectivity index (χ2n) is 5.40. The van der Waals surface area contributed by atoms with E-state index in [1.54, 1.807) is 7.11 Å². The minimum absolute atomic E-state index is 0.705. The molecule has 124 valence electrons. The van der Waals surface area contributed by atoms with Gasteiger partial charge in [-0.1, -0.05) is 43.7 Å². The number of nitrogens with one attached hydrogen (secondary N) is 1. The van der Waals surface area contributed by atoms with Gasteiger partial charge in [-0.15, -0.1) is 0 Å². The number of benzene rings is 2. The van der Waals surface area contributed by atoms with Crippen molar-refractivity contribution < 1.29 is 9.47 Å². The molecule has 0 fully saturated rings. The highest BCUT2D eigenvalue weighted by molar-refractivity contribution is 9.10. The van der Waals surface area contributed by atoms with E-state index in [9.17, 15) is 0 Å². The Morgan fingerprint density at radius 3 is 2.48 bits per heavy atom. The molecule has 0 heterocycles. The third-order valence-corrected chi connectivity index (χ3v) is 4.12. The first-order valence-corrected chi connectivity index (χ1v) is 8.77. The van der Waals surface area contributed by atoms with E-state index in [4.69, 9.17) is 9.47 Å². The lowest BCUT2D eigenvalue weighted by Crippen LogP contribution is -2.13. The van der Waals surface area contributed by atoms with Gasteiger partial charge in [-0.3, -0.25) is 0 Å². The number of hydrogen-bond acceptors (Lipinski definition) is 3. The van der Waals surface area contributed by atoms with Crippen molar-refractivity contribution in [1.82, 2.24) is 5.32 Å². The van der Waals surface area contributed by atoms with Crippen molar-refractivity contribution in [3.63, 3.8) is 0 Å². The van der Waals surface area contributed by atoms with Gasteiger partial charge in [-0.25, -0.2) is 0 Å². The Kier molecular flexibility index (Phi) is 7.43. The summed E-state index contributed by atoms with van der Waals surface area (Å²) in [5.74, 6) is 1.56. The zero-order valence-corrected chi connectivity index (χ0v) is 15.4. The van der Waals surface area contributed by atoms with Crippen LogP contribution in [-0.4, -0.2) is 13.7 Å². The predicted molar refractivity (Wildman–Crippen MR) is 98.1 cm³/mol. The summed E-state index contributed by atoms with van der Waals surface area (Å²) in [6.07, 6.45) is 2.15. The van der Waals surface area contributed by atoms with Crippen LogP contribution >= 0.6 is 15.9 Å². The lowest BCUT2D eigenvalue weighted by atomic mass is 10.2. The molecular formula is C19H24BrNO2. The zero-order valence-electron chi connectivity index (χ0n) is 13.8. The Labute approximate surface area is 147 Å². The summed E-state index contributed by atoms with van der Waals surface area (Å²) in [5.41, 5.74) is 2.44. The van der Waals surface area contributed by atoms with Gasteiger partial charge in [0.2, 0.25) is 0 Å². The summed E-state index contributed by atoms with van der Waals surface area (Å²) in [7, 11) is 1.68. The van der Waals surface area contributed by atoms with Crippen LogP contribution in [0.2, 0.25) is 0 Å². The van der Waals surface area contributed by atoms with Crippen LogP contribution < -0.4 is 14.8 Å². The topological polar surface area (TPSA) is 30.5 Å². The average Bonchev–Trinajstić information content (AvgIpc) is 2.57. The van der Waals surface area contributed by atoms with Crippen molar-refractivity contribution in [3.05, 3.63) is 58.1 Å². The Bertz CT molecular complexity index is 602. The van der Waals surface area contributed by atoms with Crippen LogP contribution in [0.25, 0.3) is 0 Å². The largest absolute Gasteiger partial charge is 0.493 e. The van der Waals surface area contributed by atoms with E-state index in [1.165, 1.54) is 5.56 Å². The fourth-order valence-electron chi connectivity index (χ4n) is 2.28. The zero-order chi connectivity index (χ0) is 16.5. The molecule has 23 heavy (non-hydrogen) atoms. The molecule has 2 aromatic rings. The summed E-state index contributed by atoms with van der Waals surface area (Å²) in [5, 5.41) is 3.45. The molecule has 0 aliphatic rings. The molecule has 0 spiro atoms. The molecule has 0 saturated carbocycles. The molecule has 0 bridgehead atoms. The van der Waals surface area contributed by atoms with Crippen LogP contribution in [-0.2, 0) is 13.1 Å². The van der Waals surface area contributed by atoms with E-state index < -0.39 is 0 Å². The van der Waals surface area contributed by atoms with Crippen LogP contribution in [0.3, 0.4) is 0 Å². The summed E-state index contributed by atoms with van der Waals surface area (Å²) in [6, 6.07) is 14.5. The van der Waals surface area contributed by atoms with Gasteiger partial charge in [0.05, 0.1) is 18.2 Å². The quantitative estimate of drug-likeness (QED) is 0.628. The fraction of sp³-hybridized carbons (Fsp3) is 0.368. The molecule has 2 aromatic carbocycles. The van der Waals surface area contributed by atoms with Gasteiger partial charge in [-0.2, -0.15) is 0 Å². The maximum absolute atomic E-state index is 5.84. The number of methoxy groups -OCH3 is 1. The molecule has 0 atom stereocenters. The second kappa shape index (κ2) is 9.58. The molecule has 0 saturated heterocycles. The van der Waals surface area contributed by atoms with Gasteiger partial charge in [-0.05, 0) is 45.6 Å². The molecule has 1 N–H and O–H groups in total. The first-order chi connectivity index (χ1) is 11.2. The number of rotatable bonds is 9. The van der Waals surface area contributed by atoms with Crippen LogP contribution in [0, 0.1) is 0 Å². The van der Waals surface area contributed by atoms with E-state index >= 15 is 0 Å². The van der Waals surface area contributed by atoms with Crippen molar-refractivity contribution in [2.75, 3.05) is 13.7 Å². The predicted octanol–water partition coefficient (Wildman–Crippen LogP) is 4.93. The van der Waals surface area contributed by atoms with Gasteiger partial charge < -0.3 is 14.8 Å². The van der Waals surface area contributed by atoms with Crippen molar-refractivity contribution in [2.24, 2.45) is 0 Å². The molecule has 0 amide bonds. The monoisotopic (exact) mass is 377 g/mol. The van der Waals surface area contributed by atoms with Crippen LogP contribution in [0.15, 0.2) is 46.9 Å². The smallest absolute Gasteiger partial charge is 0.175 e. The van der Waals surface area contributed by atoms with Gasteiger partial charge >= 0.3 is 0 Å². The highest BCUT2D eigenvalue weighted by Gasteiger charge is 2.11. The minimum atomic E-state index is 0.705. The Morgan fingerprint density at radius 1 is 1.04 bits per heavy atom. The Hall–Kier alpha value is -1.52. The molecule has 0 aliphatic heterocycles. The third-order valence-electron chi connectivity index (χ3n) is 3.53. The third kappa shape index (κ3) is 5.56. The Morgan fingerprint density at radius 2 is 1.78 bits per heavy atom. The highest BCUT2D eigenvalue weighted by Crippen LogP contribution is 2.36. The average molecular weight is 378 g/mol. The minimum Gasteiger partial charge on any atom is -0.493 e. The molecule has 0 aliphatic carbocycles. The molecule has 4 heteroatoms. The lowest BCUT2D eigenvalue weighted by Gasteiger charge is -2.14. The van der Waals surface area contributed by atoms with Crippen molar-refractivity contribution in [3.8, 4) is 11.5 Å². The Balaban J connectivity index is 1.98. The standard InChI is InChI=1S/C19H24BrNO2/c1-3-4-10-23-19-17(20)11-16(12-18(19)22-2)14-21-13-15-8-6-5-7-9-15/h5-9,11-12,21H,3-4,10,13-14H2,1-2H3. The van der Waals surface area contributed by atoms with Crippen molar-refractivity contribution >= 4 is 15.9 Å². The van der Waals surface area contributed by atoms with Crippen LogP contribution in [0.1, 0.15) is 30.9 Å².